The maximum absolute atomic E-state index is 13.8. The van der Waals surface area contributed by atoms with Crippen molar-refractivity contribution in [1.82, 2.24) is 0 Å². The first kappa shape index (κ1) is 21.5. The number of carbonyl (C=O) groups excluding carboxylic acids is 1. The summed E-state index contributed by atoms with van der Waals surface area (Å²) in [5.41, 5.74) is 0.164. The molecule has 0 aromatic heterocycles. The summed E-state index contributed by atoms with van der Waals surface area (Å²) in [7, 11) is -3.64. The minimum atomic E-state index is -3.64. The molecule has 0 atom stereocenters. The van der Waals surface area contributed by atoms with Crippen molar-refractivity contribution in [3.05, 3.63) is 24.0 Å². The normalized spacial score (nSPS) is 24.7. The number of oxime groups is 1. The van der Waals surface area contributed by atoms with Crippen LogP contribution in [0.3, 0.4) is 0 Å². The Labute approximate surface area is 171 Å². The molecule has 1 aromatic carbocycles. The number of rotatable bonds is 4. The number of anilines is 2. The quantitative estimate of drug-likeness (QED) is 0.765. The van der Waals surface area contributed by atoms with Crippen LogP contribution in [0.5, 0.6) is 0 Å². The van der Waals surface area contributed by atoms with Gasteiger partial charge in [0.05, 0.1) is 11.9 Å². The van der Waals surface area contributed by atoms with Crippen LogP contribution in [0.15, 0.2) is 23.4 Å². The van der Waals surface area contributed by atoms with E-state index < -0.39 is 27.3 Å². The second kappa shape index (κ2) is 7.59. The number of hydrogen-bond acceptors (Lipinski definition) is 5. The fourth-order valence-corrected chi connectivity index (χ4v) is 4.56. The van der Waals surface area contributed by atoms with Gasteiger partial charge in [0, 0.05) is 12.1 Å². The third kappa shape index (κ3) is 5.26. The molecule has 0 unspecified atom stereocenters. The Balaban J connectivity index is 1.62. The summed E-state index contributed by atoms with van der Waals surface area (Å²) in [5.74, 6) is -0.546. The molecule has 2 N–H and O–H groups in total. The molecule has 1 heterocycles. The van der Waals surface area contributed by atoms with Crippen LogP contribution in [0.2, 0.25) is 0 Å². The van der Waals surface area contributed by atoms with Gasteiger partial charge in [-0.2, -0.15) is 0 Å². The van der Waals surface area contributed by atoms with Crippen molar-refractivity contribution in [3.63, 3.8) is 0 Å². The van der Waals surface area contributed by atoms with Crippen LogP contribution in [-0.2, 0) is 19.7 Å². The predicted molar refractivity (Wildman–Crippen MR) is 111 cm³/mol. The van der Waals surface area contributed by atoms with E-state index in [0.29, 0.717) is 18.1 Å². The van der Waals surface area contributed by atoms with Gasteiger partial charge < -0.3 is 10.2 Å². The summed E-state index contributed by atoms with van der Waals surface area (Å²) < 4.78 is 38.6. The fourth-order valence-electron chi connectivity index (χ4n) is 4.01. The number of carbonyl (C=O) groups is 1. The molecule has 3 rings (SSSR count). The first-order chi connectivity index (χ1) is 13.4. The Morgan fingerprint density at radius 2 is 1.93 bits per heavy atom. The standard InChI is InChI=1S/C20H28FN3O4S/c1-19(2,3)13-7-9-20(10-8-13)12-17(23-28-20)18(25)22-14-5-6-15(21)16(11-14)24-29(4,26)27/h5-6,11,13,24H,7-10,12H2,1-4H3,(H,22,25). The number of hydrogen-bond donors (Lipinski definition) is 2. The lowest BCUT2D eigenvalue weighted by Crippen LogP contribution is -2.38. The Morgan fingerprint density at radius 1 is 1.28 bits per heavy atom. The molecule has 160 valence electrons. The van der Waals surface area contributed by atoms with E-state index in [0.717, 1.165) is 38.0 Å². The van der Waals surface area contributed by atoms with Crippen molar-refractivity contribution in [1.29, 1.82) is 0 Å². The zero-order valence-corrected chi connectivity index (χ0v) is 18.0. The van der Waals surface area contributed by atoms with Crippen molar-refractivity contribution in [2.24, 2.45) is 16.5 Å². The molecule has 1 amide bonds. The van der Waals surface area contributed by atoms with Crippen LogP contribution >= 0.6 is 0 Å². The second-order valence-electron chi connectivity index (χ2n) is 9.15. The van der Waals surface area contributed by atoms with Gasteiger partial charge in [-0.05, 0) is 55.2 Å². The molecular formula is C20H28FN3O4S. The Bertz CT molecular complexity index is 930. The van der Waals surface area contributed by atoms with E-state index in [9.17, 15) is 17.6 Å². The largest absolute Gasteiger partial charge is 0.388 e. The van der Waals surface area contributed by atoms with Crippen LogP contribution in [0.25, 0.3) is 0 Å². The third-order valence-corrected chi connectivity index (χ3v) is 6.33. The molecule has 0 radical (unpaired) electrons. The predicted octanol–water partition coefficient (Wildman–Crippen LogP) is 3.89. The van der Waals surface area contributed by atoms with Crippen LogP contribution in [0, 0.1) is 17.2 Å². The number of nitrogens with one attached hydrogen (secondary N) is 2. The van der Waals surface area contributed by atoms with Gasteiger partial charge in [-0.25, -0.2) is 12.8 Å². The highest BCUT2D eigenvalue weighted by atomic mass is 32.2. The van der Waals surface area contributed by atoms with E-state index in [1.165, 1.54) is 12.1 Å². The van der Waals surface area contributed by atoms with Gasteiger partial charge in [0.2, 0.25) is 10.0 Å². The smallest absolute Gasteiger partial charge is 0.273 e. The number of amides is 1. The highest BCUT2D eigenvalue weighted by Crippen LogP contribution is 2.46. The van der Waals surface area contributed by atoms with Gasteiger partial charge in [0.25, 0.3) is 5.91 Å². The summed E-state index contributed by atoms with van der Waals surface area (Å²) in [6.45, 7) is 6.74. The first-order valence-electron chi connectivity index (χ1n) is 9.71. The van der Waals surface area contributed by atoms with E-state index in [4.69, 9.17) is 4.84 Å². The van der Waals surface area contributed by atoms with Gasteiger partial charge in [-0.3, -0.25) is 9.52 Å². The van der Waals surface area contributed by atoms with Crippen LogP contribution < -0.4 is 10.0 Å². The van der Waals surface area contributed by atoms with Gasteiger partial charge in [-0.1, -0.05) is 25.9 Å². The molecule has 1 aliphatic heterocycles. The maximum Gasteiger partial charge on any atom is 0.273 e. The van der Waals surface area contributed by atoms with Crippen LogP contribution in [0.1, 0.15) is 52.9 Å². The monoisotopic (exact) mass is 425 g/mol. The topological polar surface area (TPSA) is 96.9 Å². The molecule has 0 saturated heterocycles. The van der Waals surface area contributed by atoms with Gasteiger partial charge >= 0.3 is 0 Å². The summed E-state index contributed by atoms with van der Waals surface area (Å²) >= 11 is 0. The fraction of sp³-hybridized carbons (Fsp3) is 0.600. The van der Waals surface area contributed by atoms with Gasteiger partial charge in [0.1, 0.15) is 17.1 Å². The van der Waals surface area contributed by atoms with Gasteiger partial charge in [-0.15, -0.1) is 0 Å². The minimum Gasteiger partial charge on any atom is -0.388 e. The first-order valence-corrected chi connectivity index (χ1v) is 11.6. The molecule has 1 spiro atoms. The summed E-state index contributed by atoms with van der Waals surface area (Å²) in [5, 5.41) is 6.66. The number of sulfonamides is 1. The lowest BCUT2D eigenvalue weighted by molar-refractivity contribution is -0.110. The Hall–Kier alpha value is -2.16. The zero-order chi connectivity index (χ0) is 21.4. The van der Waals surface area contributed by atoms with Crippen molar-refractivity contribution in [3.8, 4) is 0 Å². The van der Waals surface area contributed by atoms with E-state index in [1.807, 2.05) is 0 Å². The second-order valence-corrected chi connectivity index (χ2v) is 10.9. The lowest BCUT2D eigenvalue weighted by Gasteiger charge is -2.40. The molecular weight excluding hydrogens is 397 g/mol. The molecule has 29 heavy (non-hydrogen) atoms. The molecule has 1 fully saturated rings. The maximum atomic E-state index is 13.8. The molecule has 7 nitrogen and oxygen atoms in total. The van der Waals surface area contributed by atoms with E-state index in [2.05, 4.69) is 36.0 Å². The van der Waals surface area contributed by atoms with Crippen molar-refractivity contribution in [2.75, 3.05) is 16.3 Å². The highest BCUT2D eigenvalue weighted by molar-refractivity contribution is 7.92. The average Bonchev–Trinajstić information content (AvgIpc) is 3.00. The lowest BCUT2D eigenvalue weighted by atomic mass is 9.67. The molecule has 0 bridgehead atoms. The van der Waals surface area contributed by atoms with Gasteiger partial charge in [0.15, 0.2) is 0 Å². The molecule has 9 heteroatoms. The minimum absolute atomic E-state index is 0.230. The van der Waals surface area contributed by atoms with Crippen molar-refractivity contribution < 1.29 is 22.4 Å². The Morgan fingerprint density at radius 3 is 2.52 bits per heavy atom. The summed E-state index contributed by atoms with van der Waals surface area (Å²) in [6.07, 6.45) is 5.14. The number of nitrogens with zero attached hydrogens (tertiary/aromatic N) is 1. The molecule has 1 aromatic rings. The molecule has 1 aliphatic carbocycles. The molecule has 2 aliphatic rings. The Kier molecular flexibility index (Phi) is 5.64. The van der Waals surface area contributed by atoms with Crippen LogP contribution in [-0.4, -0.2) is 31.9 Å². The molecule has 1 saturated carbocycles. The summed E-state index contributed by atoms with van der Waals surface area (Å²) in [4.78, 5) is 18.3. The third-order valence-electron chi connectivity index (χ3n) is 5.74. The highest BCUT2D eigenvalue weighted by Gasteiger charge is 2.45. The summed E-state index contributed by atoms with van der Waals surface area (Å²) in [6, 6.07) is 3.68. The van der Waals surface area contributed by atoms with Crippen molar-refractivity contribution in [2.45, 2.75) is 58.5 Å². The average molecular weight is 426 g/mol. The number of halogens is 1. The van der Waals surface area contributed by atoms with Crippen LogP contribution in [0.4, 0.5) is 15.8 Å². The SMILES string of the molecule is CC(C)(C)C1CCC2(CC1)CC(C(=O)Nc1ccc(F)c(NS(C)(=O)=O)c1)=NO2. The van der Waals surface area contributed by atoms with E-state index in [-0.39, 0.29) is 16.8 Å². The van der Waals surface area contributed by atoms with Crippen molar-refractivity contribution >= 4 is 33.0 Å². The van der Waals surface area contributed by atoms with E-state index in [1.54, 1.807) is 0 Å². The van der Waals surface area contributed by atoms with E-state index >= 15 is 0 Å². The number of benzene rings is 1. The zero-order valence-electron chi connectivity index (χ0n) is 17.2.